The van der Waals surface area contributed by atoms with Crippen LogP contribution in [0.4, 0.5) is 5.69 Å². The van der Waals surface area contributed by atoms with Crippen LogP contribution in [0.25, 0.3) is 32.9 Å². The first-order valence-corrected chi connectivity index (χ1v) is 12.0. The molecule has 0 radical (unpaired) electrons. The second-order valence-corrected chi connectivity index (χ2v) is 10.0. The van der Waals surface area contributed by atoms with Crippen LogP contribution >= 0.6 is 11.3 Å². The van der Waals surface area contributed by atoms with Crippen LogP contribution in [0.2, 0.25) is 0 Å². The number of nitrogens with zero attached hydrogens (tertiary/aromatic N) is 1. The molecule has 2 aromatic heterocycles. The molecule has 160 valence electrons. The van der Waals surface area contributed by atoms with E-state index >= 15 is 0 Å². The van der Waals surface area contributed by atoms with Gasteiger partial charge in [-0.15, -0.1) is 11.3 Å². The zero-order valence-electron chi connectivity index (χ0n) is 16.8. The number of benzene rings is 3. The van der Waals surface area contributed by atoms with Gasteiger partial charge in [0.15, 0.2) is 5.58 Å². The number of aromatic nitrogens is 2. The van der Waals surface area contributed by atoms with Crippen LogP contribution in [0.5, 0.6) is 0 Å². The van der Waals surface area contributed by atoms with Crippen LogP contribution in [-0.4, -0.2) is 18.4 Å². The van der Waals surface area contributed by atoms with Crippen molar-refractivity contribution in [3.63, 3.8) is 0 Å². The number of oxazole rings is 1. The van der Waals surface area contributed by atoms with Gasteiger partial charge in [0.2, 0.25) is 0 Å². The minimum atomic E-state index is -3.85. The summed E-state index contributed by atoms with van der Waals surface area (Å²) >= 11 is 1.62. The molecule has 0 unspecified atom stereocenters. The molecule has 0 aliphatic heterocycles. The molecular formula is C23H17N3O4S2. The summed E-state index contributed by atoms with van der Waals surface area (Å²) in [5.74, 6) is -0.633. The van der Waals surface area contributed by atoms with Crippen LogP contribution in [0, 0.1) is 6.92 Å². The maximum Gasteiger partial charge on any atom is 0.417 e. The molecule has 9 heteroatoms. The number of hydrogen-bond donors (Lipinski definition) is 2. The first-order valence-electron chi connectivity index (χ1n) is 9.68. The number of hydrogen-bond acceptors (Lipinski definition) is 6. The minimum Gasteiger partial charge on any atom is -0.408 e. The quantitative estimate of drug-likeness (QED) is 0.381. The molecule has 0 atom stereocenters. The fourth-order valence-corrected chi connectivity index (χ4v) is 5.39. The summed E-state index contributed by atoms with van der Waals surface area (Å²) in [5, 5.41) is 0.940. The number of rotatable bonds is 5. The first-order chi connectivity index (χ1) is 15.4. The van der Waals surface area contributed by atoms with Gasteiger partial charge in [-0.1, -0.05) is 42.5 Å². The lowest BCUT2D eigenvalue weighted by Crippen LogP contribution is -2.12. The summed E-state index contributed by atoms with van der Waals surface area (Å²) in [7, 11) is -3.85. The highest BCUT2D eigenvalue weighted by atomic mass is 32.2. The Morgan fingerprint density at radius 2 is 1.72 bits per heavy atom. The van der Waals surface area contributed by atoms with Gasteiger partial charge >= 0.3 is 5.76 Å². The molecule has 0 aliphatic carbocycles. The van der Waals surface area contributed by atoms with Gasteiger partial charge in [0.05, 0.1) is 16.1 Å². The van der Waals surface area contributed by atoms with Crippen molar-refractivity contribution in [1.29, 1.82) is 0 Å². The fourth-order valence-electron chi connectivity index (χ4n) is 3.37. The molecule has 0 spiro atoms. The van der Waals surface area contributed by atoms with Crippen LogP contribution < -0.4 is 10.5 Å². The third kappa shape index (κ3) is 3.83. The molecule has 0 fully saturated rings. The molecule has 5 rings (SSSR count). The van der Waals surface area contributed by atoms with Crippen molar-refractivity contribution in [2.45, 2.75) is 11.8 Å². The third-order valence-electron chi connectivity index (χ3n) is 4.93. The van der Waals surface area contributed by atoms with E-state index in [9.17, 15) is 13.2 Å². The summed E-state index contributed by atoms with van der Waals surface area (Å²) in [6.45, 7) is 2.02. The SMILES string of the molecule is Cc1sc(-c2ccccc2)nc1-c1ccc(NS(=O)(=O)c2ccc3[nH]c(=O)oc3c2)cc1. The summed E-state index contributed by atoms with van der Waals surface area (Å²) < 4.78 is 33.0. The molecule has 0 amide bonds. The van der Waals surface area contributed by atoms with E-state index in [1.165, 1.54) is 18.2 Å². The van der Waals surface area contributed by atoms with Gasteiger partial charge in [0.1, 0.15) is 5.01 Å². The van der Waals surface area contributed by atoms with Gasteiger partial charge in [0.25, 0.3) is 10.0 Å². The Labute approximate surface area is 187 Å². The highest BCUT2D eigenvalue weighted by molar-refractivity contribution is 7.92. The Balaban J connectivity index is 1.40. The lowest BCUT2D eigenvalue weighted by Gasteiger charge is -2.09. The number of thiazole rings is 1. The maximum absolute atomic E-state index is 12.8. The molecule has 0 saturated heterocycles. The first kappa shape index (κ1) is 20.2. The van der Waals surface area contributed by atoms with Crippen molar-refractivity contribution in [2.24, 2.45) is 0 Å². The summed E-state index contributed by atoms with van der Waals surface area (Å²) in [5.41, 5.74) is 3.87. The number of fused-ring (bicyclic) bond motifs is 1. The summed E-state index contributed by atoms with van der Waals surface area (Å²) in [6, 6.07) is 21.3. The standard InChI is InChI=1S/C23H17N3O4S2/c1-14-21(25-22(31-14)16-5-3-2-4-6-16)15-7-9-17(10-8-15)26-32(28,29)18-11-12-19-20(13-18)30-23(27)24-19/h2-13,26H,1H3,(H,24,27). The van der Waals surface area contributed by atoms with Crippen LogP contribution in [0.15, 0.2) is 86.9 Å². The highest BCUT2D eigenvalue weighted by Crippen LogP contribution is 2.33. The zero-order chi connectivity index (χ0) is 22.3. The van der Waals surface area contributed by atoms with Crippen molar-refractivity contribution < 1.29 is 12.8 Å². The van der Waals surface area contributed by atoms with E-state index in [4.69, 9.17) is 9.40 Å². The zero-order valence-corrected chi connectivity index (χ0v) is 18.5. The molecule has 2 N–H and O–H groups in total. The van der Waals surface area contributed by atoms with E-state index in [2.05, 4.69) is 9.71 Å². The third-order valence-corrected chi connectivity index (χ3v) is 7.33. The lowest BCUT2D eigenvalue weighted by molar-refractivity contribution is 0.554. The van der Waals surface area contributed by atoms with Crippen molar-refractivity contribution in [3.8, 4) is 21.8 Å². The second kappa shape index (κ2) is 7.77. The number of aromatic amines is 1. The Hall–Kier alpha value is -3.69. The van der Waals surface area contributed by atoms with Gasteiger partial charge in [-0.2, -0.15) is 0 Å². The normalized spacial score (nSPS) is 11.7. The predicted molar refractivity (Wildman–Crippen MR) is 125 cm³/mol. The van der Waals surface area contributed by atoms with Crippen molar-refractivity contribution in [2.75, 3.05) is 4.72 Å². The van der Waals surface area contributed by atoms with Gasteiger partial charge in [-0.3, -0.25) is 9.71 Å². The largest absolute Gasteiger partial charge is 0.417 e. The van der Waals surface area contributed by atoms with Crippen molar-refractivity contribution in [3.05, 3.63) is 88.2 Å². The smallest absolute Gasteiger partial charge is 0.408 e. The molecular weight excluding hydrogens is 446 g/mol. The van der Waals surface area contributed by atoms with Crippen molar-refractivity contribution in [1.82, 2.24) is 9.97 Å². The van der Waals surface area contributed by atoms with Gasteiger partial charge in [-0.25, -0.2) is 18.2 Å². The number of sulfonamides is 1. The van der Waals surface area contributed by atoms with E-state index in [0.29, 0.717) is 11.2 Å². The topological polar surface area (TPSA) is 105 Å². The Morgan fingerprint density at radius 1 is 0.969 bits per heavy atom. The molecule has 5 aromatic rings. The highest BCUT2D eigenvalue weighted by Gasteiger charge is 2.17. The fraction of sp³-hybridized carbons (Fsp3) is 0.0435. The monoisotopic (exact) mass is 463 g/mol. The van der Waals surface area contributed by atoms with E-state index in [1.54, 1.807) is 23.5 Å². The van der Waals surface area contributed by atoms with Crippen LogP contribution in [0.1, 0.15) is 4.88 Å². The van der Waals surface area contributed by atoms with Gasteiger partial charge in [-0.05, 0) is 31.2 Å². The molecule has 2 heterocycles. The number of H-pyrrole nitrogens is 1. The molecule has 0 saturated carbocycles. The van der Waals surface area contributed by atoms with Crippen molar-refractivity contribution >= 4 is 38.1 Å². The average Bonchev–Trinajstić information content (AvgIpc) is 3.35. The summed E-state index contributed by atoms with van der Waals surface area (Å²) in [6.07, 6.45) is 0. The average molecular weight is 464 g/mol. The van der Waals surface area contributed by atoms with Gasteiger partial charge < -0.3 is 4.42 Å². The minimum absolute atomic E-state index is 0.000301. The van der Waals surface area contributed by atoms with Crippen LogP contribution in [0.3, 0.4) is 0 Å². The number of aryl methyl sites for hydroxylation is 1. The summed E-state index contributed by atoms with van der Waals surface area (Å²) in [4.78, 5) is 19.6. The Kier molecular flexibility index (Phi) is 4.91. The Morgan fingerprint density at radius 3 is 2.47 bits per heavy atom. The Bertz CT molecular complexity index is 1580. The van der Waals surface area contributed by atoms with Crippen LogP contribution in [-0.2, 0) is 10.0 Å². The van der Waals surface area contributed by atoms with Gasteiger partial charge in [0, 0.05) is 27.8 Å². The van der Waals surface area contributed by atoms with E-state index < -0.39 is 15.8 Å². The second-order valence-electron chi connectivity index (χ2n) is 7.15. The predicted octanol–water partition coefficient (Wildman–Crippen LogP) is 5.02. The number of anilines is 1. The molecule has 32 heavy (non-hydrogen) atoms. The van der Waals surface area contributed by atoms with E-state index in [0.717, 1.165) is 26.7 Å². The van der Waals surface area contributed by atoms with E-state index in [-0.39, 0.29) is 10.5 Å². The molecule has 0 aliphatic rings. The molecule has 0 bridgehead atoms. The van der Waals surface area contributed by atoms with E-state index in [1.807, 2.05) is 49.4 Å². The molecule has 3 aromatic carbocycles. The molecule has 7 nitrogen and oxygen atoms in total. The number of nitrogens with one attached hydrogen (secondary N) is 2. The maximum atomic E-state index is 12.8. The lowest BCUT2D eigenvalue weighted by atomic mass is 10.1.